The van der Waals surface area contributed by atoms with Gasteiger partial charge < -0.3 is 19.7 Å². The smallest absolute Gasteiger partial charge is 0.159 e. The molecule has 9 heteroatoms. The summed E-state index contributed by atoms with van der Waals surface area (Å²) in [6, 6.07) is 13.7. The number of nitrogens with zero attached hydrogens (tertiary/aromatic N) is 4. The number of carbonyl (C=O) groups excluding carboxylic acids is 1. The lowest BCUT2D eigenvalue weighted by Crippen LogP contribution is -2.11. The van der Waals surface area contributed by atoms with Gasteiger partial charge in [-0.1, -0.05) is 23.7 Å². The Morgan fingerprint density at radius 3 is 2.75 bits per heavy atom. The fraction of sp³-hybridized carbons (Fsp3) is 0.226. The number of benzene rings is 2. The van der Waals surface area contributed by atoms with E-state index < -0.39 is 37.9 Å². The SMILES string of the molecule is [2H]/C(=C\C([2H])([2H])N(C)C)C(=O)Cc1cc2c(Nc3ccc(OC([2H])([2H])c4ccccn4)c(Cl)c3)c(C#N)cnc2cc1OC([2H])([2H])C. The predicted octanol–water partition coefficient (Wildman–Crippen LogP) is 6.11. The standard InChI is InChI=1S/C31H30ClN5O3/c1-4-39-30-17-28-26(15-21(30)14-25(38)9-7-13-37(2)3)31(22(18-33)19-35-28)36-23-10-11-29(27(32)16-23)40-20-24-8-5-6-12-34-24/h5-12,15-17,19H,4,13-14,20H2,1-3H3,(H,35,36)/b9-7+/i4D2,9D,13D2,20D2. The maximum Gasteiger partial charge on any atom is 0.159 e. The molecule has 4 aromatic rings. The number of aromatic nitrogens is 2. The molecule has 0 fully saturated rings. The van der Waals surface area contributed by atoms with E-state index in [0.29, 0.717) is 16.6 Å². The van der Waals surface area contributed by atoms with Crippen LogP contribution in [0.3, 0.4) is 0 Å². The Morgan fingerprint density at radius 2 is 2.05 bits per heavy atom. The number of nitriles is 1. The average molecular weight is 563 g/mol. The van der Waals surface area contributed by atoms with Gasteiger partial charge in [-0.05, 0) is 63.5 Å². The van der Waals surface area contributed by atoms with Crippen LogP contribution in [0, 0.1) is 11.3 Å². The predicted molar refractivity (Wildman–Crippen MR) is 157 cm³/mol. The summed E-state index contributed by atoms with van der Waals surface area (Å²) in [4.78, 5) is 22.6. The van der Waals surface area contributed by atoms with E-state index in [1.54, 1.807) is 18.2 Å². The largest absolute Gasteiger partial charge is 0.494 e. The highest BCUT2D eigenvalue weighted by Crippen LogP contribution is 2.36. The number of halogens is 1. The van der Waals surface area contributed by atoms with Crippen LogP contribution < -0.4 is 14.8 Å². The van der Waals surface area contributed by atoms with Gasteiger partial charge >= 0.3 is 0 Å². The van der Waals surface area contributed by atoms with Gasteiger partial charge in [-0.25, -0.2) is 0 Å². The topological polar surface area (TPSA) is 100 Å². The van der Waals surface area contributed by atoms with Gasteiger partial charge in [0.15, 0.2) is 5.78 Å². The molecule has 2 heterocycles. The van der Waals surface area contributed by atoms with Gasteiger partial charge in [-0.15, -0.1) is 0 Å². The summed E-state index contributed by atoms with van der Waals surface area (Å²) in [6.07, 6.45) is 3.21. The second-order valence-electron chi connectivity index (χ2n) is 8.54. The Kier molecular flexibility index (Phi) is 6.93. The van der Waals surface area contributed by atoms with Crippen LogP contribution in [0.1, 0.15) is 33.3 Å². The second-order valence-corrected chi connectivity index (χ2v) is 8.95. The molecule has 8 nitrogen and oxygen atoms in total. The summed E-state index contributed by atoms with van der Waals surface area (Å²) in [5.74, 6) is -0.720. The Balaban J connectivity index is 1.74. The molecule has 4 rings (SSSR count). The van der Waals surface area contributed by atoms with Crippen LogP contribution in [0.2, 0.25) is 5.02 Å². The molecule has 1 N–H and O–H groups in total. The summed E-state index contributed by atoms with van der Waals surface area (Å²) in [5, 5.41) is 13.5. The van der Waals surface area contributed by atoms with Crippen LogP contribution >= 0.6 is 11.6 Å². The summed E-state index contributed by atoms with van der Waals surface area (Å²) in [5.41, 5.74) is 1.32. The number of nitrogens with one attached hydrogen (secondary N) is 1. The number of ketones is 1. The second kappa shape index (κ2) is 13.6. The molecule has 0 aliphatic carbocycles. The van der Waals surface area contributed by atoms with E-state index in [1.165, 1.54) is 68.6 Å². The lowest BCUT2D eigenvalue weighted by atomic mass is 10.0. The minimum atomic E-state index is -2.28. The normalized spacial score (nSPS) is 15.0. The third-order valence-electron chi connectivity index (χ3n) is 5.42. The molecule has 2 aromatic carbocycles. The number of allylic oxidation sites excluding steroid dienone is 1. The van der Waals surface area contributed by atoms with E-state index >= 15 is 0 Å². The molecule has 0 unspecified atom stereocenters. The van der Waals surface area contributed by atoms with Crippen molar-refractivity contribution in [3.63, 3.8) is 0 Å². The molecule has 0 bridgehead atoms. The Morgan fingerprint density at radius 1 is 1.20 bits per heavy atom. The first-order valence-corrected chi connectivity index (χ1v) is 12.4. The number of hydrogen-bond acceptors (Lipinski definition) is 8. The van der Waals surface area contributed by atoms with E-state index in [-0.39, 0.29) is 39.0 Å². The Hall–Kier alpha value is -4.45. The number of ether oxygens (including phenoxy) is 2. The highest BCUT2D eigenvalue weighted by molar-refractivity contribution is 6.32. The fourth-order valence-electron chi connectivity index (χ4n) is 3.63. The van der Waals surface area contributed by atoms with Crippen molar-refractivity contribution in [1.82, 2.24) is 14.9 Å². The van der Waals surface area contributed by atoms with Crippen LogP contribution in [0.15, 0.2) is 73.1 Å². The summed E-state index contributed by atoms with van der Waals surface area (Å²) < 4.78 is 67.7. The monoisotopic (exact) mass is 562 g/mol. The molecule has 0 aliphatic heterocycles. The number of likely N-dealkylation sites (N-methyl/N-ethyl adjacent to an activating group) is 1. The molecule has 0 atom stereocenters. The van der Waals surface area contributed by atoms with Crippen molar-refractivity contribution in [2.24, 2.45) is 0 Å². The third-order valence-corrected chi connectivity index (χ3v) is 5.72. The van der Waals surface area contributed by atoms with Gasteiger partial charge in [0.05, 0.1) is 40.9 Å². The average Bonchev–Trinajstić information content (AvgIpc) is 2.98. The van der Waals surface area contributed by atoms with Gasteiger partial charge in [-0.3, -0.25) is 14.8 Å². The molecular formula is C31H30ClN5O3. The van der Waals surface area contributed by atoms with Crippen molar-refractivity contribution in [2.45, 2.75) is 19.9 Å². The highest BCUT2D eigenvalue weighted by atomic mass is 35.5. The maximum atomic E-state index is 13.1. The molecule has 40 heavy (non-hydrogen) atoms. The third kappa shape index (κ3) is 7.35. The van der Waals surface area contributed by atoms with E-state index in [1.807, 2.05) is 0 Å². The molecular weight excluding hydrogens is 526 g/mol. The highest BCUT2D eigenvalue weighted by Gasteiger charge is 2.16. The quantitative estimate of drug-likeness (QED) is 0.207. The fourth-order valence-corrected chi connectivity index (χ4v) is 3.85. The van der Waals surface area contributed by atoms with E-state index in [2.05, 4.69) is 21.4 Å². The van der Waals surface area contributed by atoms with Crippen LogP contribution in [-0.2, 0) is 17.8 Å². The van der Waals surface area contributed by atoms with Crippen molar-refractivity contribution in [2.75, 3.05) is 32.5 Å². The van der Waals surface area contributed by atoms with E-state index in [4.69, 9.17) is 30.7 Å². The van der Waals surface area contributed by atoms with Crippen LogP contribution in [0.5, 0.6) is 11.5 Å². The van der Waals surface area contributed by atoms with Crippen LogP contribution in [-0.4, -0.2) is 47.8 Å². The van der Waals surface area contributed by atoms with Crippen LogP contribution in [0.4, 0.5) is 11.4 Å². The summed E-state index contributed by atoms with van der Waals surface area (Å²) in [6.45, 7) is -5.31. The molecule has 0 saturated heterocycles. The number of carbonyl (C=O) groups is 1. The molecule has 0 amide bonds. The molecule has 0 saturated carbocycles. The molecule has 0 radical (unpaired) electrons. The van der Waals surface area contributed by atoms with Crippen molar-refractivity contribution >= 4 is 39.7 Å². The molecule has 2 aromatic heterocycles. The number of pyridine rings is 2. The zero-order chi connectivity index (χ0) is 34.7. The minimum absolute atomic E-state index is 0.0170. The molecule has 0 aliphatic rings. The number of rotatable bonds is 12. The maximum absolute atomic E-state index is 13.1. The van der Waals surface area contributed by atoms with Crippen molar-refractivity contribution in [1.29, 1.82) is 5.26 Å². The van der Waals surface area contributed by atoms with Crippen LogP contribution in [0.25, 0.3) is 10.9 Å². The van der Waals surface area contributed by atoms with Gasteiger partial charge in [-0.2, -0.15) is 5.26 Å². The lowest BCUT2D eigenvalue weighted by molar-refractivity contribution is -0.114. The zero-order valence-corrected chi connectivity index (χ0v) is 22.7. The van der Waals surface area contributed by atoms with Gasteiger partial charge in [0, 0.05) is 50.8 Å². The summed E-state index contributed by atoms with van der Waals surface area (Å²) >= 11 is 6.47. The van der Waals surface area contributed by atoms with Gasteiger partial charge in [0.2, 0.25) is 0 Å². The zero-order valence-electron chi connectivity index (χ0n) is 28.9. The first kappa shape index (κ1) is 20.5. The molecule has 204 valence electrons. The first-order valence-electron chi connectivity index (χ1n) is 15.5. The molecule has 0 spiro atoms. The van der Waals surface area contributed by atoms with E-state index in [0.717, 1.165) is 6.08 Å². The van der Waals surface area contributed by atoms with Gasteiger partial charge in [0.1, 0.15) is 24.1 Å². The Bertz CT molecular complexity index is 1880. The van der Waals surface area contributed by atoms with Crippen molar-refractivity contribution < 1.29 is 23.9 Å². The lowest BCUT2D eigenvalue weighted by Gasteiger charge is -2.16. The van der Waals surface area contributed by atoms with Crippen molar-refractivity contribution in [3.05, 3.63) is 94.9 Å². The Labute approximate surface area is 248 Å². The first-order chi connectivity index (χ1) is 21.9. The summed E-state index contributed by atoms with van der Waals surface area (Å²) in [7, 11) is 2.93. The van der Waals surface area contributed by atoms with Gasteiger partial charge in [0.25, 0.3) is 0 Å². The van der Waals surface area contributed by atoms with Crippen molar-refractivity contribution in [3.8, 4) is 17.6 Å². The number of anilines is 2. The van der Waals surface area contributed by atoms with E-state index in [9.17, 15) is 10.1 Å². The number of hydrogen-bond donors (Lipinski definition) is 1. The minimum Gasteiger partial charge on any atom is -0.494 e. The number of fused-ring (bicyclic) bond motifs is 1.